The van der Waals surface area contributed by atoms with Crippen LogP contribution in [0.1, 0.15) is 11.6 Å². The Morgan fingerprint density at radius 2 is 1.39 bits per heavy atom. The normalized spacial score (nSPS) is 18.8. The molecule has 2 nitrogen and oxygen atoms in total. The fourth-order valence-corrected chi connectivity index (χ4v) is 2.49. The first-order valence-corrected chi connectivity index (χ1v) is 7.36. The summed E-state index contributed by atoms with van der Waals surface area (Å²) in [5.74, 6) is 1.29. The Hall–Kier alpha value is -1.05. The molecule has 4 rings (SSSR count). The second-order valence-corrected chi connectivity index (χ2v) is 5.00. The van der Waals surface area contributed by atoms with Crippen LogP contribution in [0.5, 0.6) is 0 Å². The molecule has 1 heterocycles. The van der Waals surface area contributed by atoms with Crippen LogP contribution in [0.2, 0.25) is 0 Å². The molecule has 0 N–H and O–H groups in total. The van der Waals surface area contributed by atoms with Crippen LogP contribution in [-0.2, 0) is 17.1 Å². The summed E-state index contributed by atoms with van der Waals surface area (Å²) in [6.45, 7) is 0. The Morgan fingerprint density at radius 3 is 1.91 bits per heavy atom. The number of hydrogen-bond donors (Lipinski definition) is 0. The first-order valence-electron chi connectivity index (χ1n) is 7.36. The first kappa shape index (κ1) is 18.3. The minimum atomic E-state index is 0. The summed E-state index contributed by atoms with van der Waals surface area (Å²) in [7, 11) is 0. The third-order valence-electron chi connectivity index (χ3n) is 3.50. The summed E-state index contributed by atoms with van der Waals surface area (Å²) in [6, 6.07) is 10.7. The average molecular weight is 342 g/mol. The zero-order valence-electron chi connectivity index (χ0n) is 12.6. The molecule has 23 heavy (non-hydrogen) atoms. The molecule has 1 aromatic carbocycles. The fourth-order valence-electron chi connectivity index (χ4n) is 2.49. The Morgan fingerprint density at radius 1 is 0.783 bits per heavy atom. The van der Waals surface area contributed by atoms with Gasteiger partial charge in [-0.05, 0) is 63.4 Å². The number of benzene rings is 1. The molecule has 2 aromatic rings. The summed E-state index contributed by atoms with van der Waals surface area (Å²) in [5.41, 5.74) is 1.27. The van der Waals surface area contributed by atoms with Gasteiger partial charge in [-0.15, -0.1) is 0 Å². The molecule has 1 aromatic heterocycles. The third kappa shape index (κ3) is 5.22. The van der Waals surface area contributed by atoms with Gasteiger partial charge in [0.25, 0.3) is 0 Å². The van der Waals surface area contributed by atoms with Gasteiger partial charge in [-0.2, -0.15) is 0 Å². The van der Waals surface area contributed by atoms with E-state index in [1.165, 1.54) is 11.5 Å². The van der Waals surface area contributed by atoms with Crippen LogP contribution >= 0.6 is 0 Å². The van der Waals surface area contributed by atoms with Gasteiger partial charge in [-0.25, -0.2) is 4.98 Å². The van der Waals surface area contributed by atoms with E-state index in [9.17, 15) is 0 Å². The molecular weight excluding hydrogens is 324 g/mol. The first-order chi connectivity index (χ1) is 10.9. The van der Waals surface area contributed by atoms with Crippen molar-refractivity contribution in [2.75, 3.05) is 0 Å². The molecule has 10 radical (unpaired) electrons. The summed E-state index contributed by atoms with van der Waals surface area (Å²) in [4.78, 5) is 4.14. The Bertz CT molecular complexity index is 506. The van der Waals surface area contributed by atoms with Gasteiger partial charge in [0.05, 0.1) is 12.4 Å². The van der Waals surface area contributed by atoms with Gasteiger partial charge in [-0.3, -0.25) is 0 Å². The maximum Gasteiger partial charge on any atom is 2.00 e. The van der Waals surface area contributed by atoms with Crippen LogP contribution in [0.3, 0.4) is 0 Å². The second-order valence-electron chi connectivity index (χ2n) is 5.00. The molecule has 1 unspecified atom stereocenters. The number of rotatable bonds is 3. The van der Waals surface area contributed by atoms with Crippen molar-refractivity contribution in [2.24, 2.45) is 0 Å². The molecule has 0 amide bonds. The standard InChI is InChI=1S/C15H13N2.C5H5.Fe/c1-2-6-13(7-3-1)15(14-8-4-5-9-14)17-11-10-16-12-17;1-2-4-5-3-1;/h1-12,15H;1-5H;/q;;+2. The van der Waals surface area contributed by atoms with E-state index in [0.717, 1.165) is 0 Å². The van der Waals surface area contributed by atoms with Crippen LogP contribution < -0.4 is 0 Å². The zero-order valence-corrected chi connectivity index (χ0v) is 13.7. The third-order valence-corrected chi connectivity index (χ3v) is 3.50. The molecule has 2 aliphatic carbocycles. The van der Waals surface area contributed by atoms with Crippen molar-refractivity contribution in [3.8, 4) is 0 Å². The molecule has 2 aliphatic rings. The molecular formula is C20H18FeN2+2. The summed E-state index contributed by atoms with van der Waals surface area (Å²) >= 11 is 0. The smallest absolute Gasteiger partial charge is 0.329 e. The molecule has 2 fully saturated rings. The maximum atomic E-state index is 4.14. The monoisotopic (exact) mass is 342 g/mol. The molecule has 0 bridgehead atoms. The predicted octanol–water partition coefficient (Wildman–Crippen LogP) is 3.90. The van der Waals surface area contributed by atoms with Gasteiger partial charge in [0.2, 0.25) is 0 Å². The summed E-state index contributed by atoms with van der Waals surface area (Å²) < 4.78 is 2.13. The summed E-state index contributed by atoms with van der Waals surface area (Å²) in [6.07, 6.45) is 24.1. The molecule has 1 atom stereocenters. The molecule has 0 saturated heterocycles. The van der Waals surface area contributed by atoms with Gasteiger partial charge in [-0.1, -0.05) is 30.3 Å². The van der Waals surface area contributed by atoms with Gasteiger partial charge < -0.3 is 4.57 Å². The molecule has 2 saturated carbocycles. The number of imidazole rings is 1. The minimum Gasteiger partial charge on any atom is -0.329 e. The van der Waals surface area contributed by atoms with E-state index >= 15 is 0 Å². The molecule has 0 aliphatic heterocycles. The van der Waals surface area contributed by atoms with Crippen LogP contribution in [0.15, 0.2) is 49.1 Å². The van der Waals surface area contributed by atoms with Gasteiger partial charge in [0.15, 0.2) is 0 Å². The van der Waals surface area contributed by atoms with Crippen molar-refractivity contribution >= 4 is 0 Å². The van der Waals surface area contributed by atoms with E-state index in [1.54, 1.807) is 0 Å². The van der Waals surface area contributed by atoms with E-state index in [0.29, 0.717) is 0 Å². The van der Waals surface area contributed by atoms with E-state index in [4.69, 9.17) is 0 Å². The topological polar surface area (TPSA) is 17.8 Å². The van der Waals surface area contributed by atoms with Crippen molar-refractivity contribution in [2.45, 2.75) is 6.04 Å². The van der Waals surface area contributed by atoms with Gasteiger partial charge in [0.1, 0.15) is 0 Å². The van der Waals surface area contributed by atoms with Crippen LogP contribution in [0, 0.1) is 63.7 Å². The Labute approximate surface area is 151 Å². The number of nitrogens with zero attached hydrogens (tertiary/aromatic N) is 2. The van der Waals surface area contributed by atoms with Crippen LogP contribution in [0.4, 0.5) is 0 Å². The van der Waals surface area contributed by atoms with Gasteiger partial charge >= 0.3 is 17.1 Å². The predicted molar refractivity (Wildman–Crippen MR) is 88.8 cm³/mol. The zero-order chi connectivity index (χ0) is 15.0. The van der Waals surface area contributed by atoms with E-state index < -0.39 is 0 Å². The van der Waals surface area contributed by atoms with E-state index in [1.807, 2.05) is 56.9 Å². The van der Waals surface area contributed by atoms with E-state index in [2.05, 4.69) is 59.5 Å². The average Bonchev–Trinajstić information content (AvgIpc) is 3.34. The quantitative estimate of drug-likeness (QED) is 0.774. The second kappa shape index (κ2) is 9.95. The van der Waals surface area contributed by atoms with Crippen molar-refractivity contribution < 1.29 is 17.1 Å². The largest absolute Gasteiger partial charge is 2.00 e. The minimum absolute atomic E-state index is 0. The summed E-state index contributed by atoms with van der Waals surface area (Å²) in [5, 5.41) is 0. The number of aromatic nitrogens is 2. The number of hydrogen-bond acceptors (Lipinski definition) is 1. The van der Waals surface area contributed by atoms with Crippen LogP contribution in [-0.4, -0.2) is 9.55 Å². The SMILES string of the molecule is [CH]1[CH][CH][CH][CH]1.[CH]1[CH][CH][C](C(c2ccccc2)n2ccnc2)[CH]1.[Fe+2]. The Kier molecular flexibility index (Phi) is 7.91. The molecule has 0 spiro atoms. The molecule has 114 valence electrons. The van der Waals surface area contributed by atoms with Crippen molar-refractivity contribution in [3.63, 3.8) is 0 Å². The van der Waals surface area contributed by atoms with Crippen molar-refractivity contribution in [1.29, 1.82) is 0 Å². The van der Waals surface area contributed by atoms with E-state index in [-0.39, 0.29) is 23.1 Å². The van der Waals surface area contributed by atoms with Crippen molar-refractivity contribution in [1.82, 2.24) is 9.55 Å². The van der Waals surface area contributed by atoms with Gasteiger partial charge in [0, 0.05) is 18.3 Å². The Balaban J connectivity index is 0.000000276. The molecule has 3 heteroatoms. The van der Waals surface area contributed by atoms with Crippen molar-refractivity contribution in [3.05, 3.63) is 118 Å². The maximum absolute atomic E-state index is 4.14. The van der Waals surface area contributed by atoms with Crippen LogP contribution in [0.25, 0.3) is 0 Å². The fraction of sp³-hybridized carbons (Fsp3) is 0.0500.